The van der Waals surface area contributed by atoms with Crippen molar-refractivity contribution in [2.75, 3.05) is 13.2 Å². The predicted molar refractivity (Wildman–Crippen MR) is 63.2 cm³/mol. The standard InChI is InChI=1S/C9H13N5O5/c10-13-11-1-6-2-14(9(18)12-8(6)17)5-19-7(3-15)4-16/h2,7,15-16H,1,3-5H2,(H,12,17,18). The largest absolute Gasteiger partial charge is 0.394 e. The Balaban J connectivity index is 2.91. The van der Waals surface area contributed by atoms with Gasteiger partial charge in [-0.2, -0.15) is 0 Å². The van der Waals surface area contributed by atoms with Crippen LogP contribution in [0.25, 0.3) is 10.4 Å². The Morgan fingerprint density at radius 3 is 2.74 bits per heavy atom. The molecular weight excluding hydrogens is 258 g/mol. The number of rotatable bonds is 7. The highest BCUT2D eigenvalue weighted by atomic mass is 16.5. The molecule has 3 N–H and O–H groups in total. The van der Waals surface area contributed by atoms with E-state index in [-0.39, 0.29) is 18.8 Å². The Hall–Kier alpha value is -2.13. The van der Waals surface area contributed by atoms with E-state index in [1.165, 1.54) is 6.20 Å². The van der Waals surface area contributed by atoms with E-state index >= 15 is 0 Å². The minimum atomic E-state index is -0.820. The van der Waals surface area contributed by atoms with Gasteiger partial charge in [-0.15, -0.1) is 0 Å². The number of azide groups is 1. The van der Waals surface area contributed by atoms with Crippen LogP contribution in [0, 0.1) is 0 Å². The number of nitrogens with zero attached hydrogens (tertiary/aromatic N) is 4. The van der Waals surface area contributed by atoms with Crippen molar-refractivity contribution < 1.29 is 14.9 Å². The van der Waals surface area contributed by atoms with Crippen molar-refractivity contribution >= 4 is 0 Å². The third-order valence-corrected chi connectivity index (χ3v) is 2.25. The maximum absolute atomic E-state index is 11.5. The van der Waals surface area contributed by atoms with Crippen LogP contribution in [0.15, 0.2) is 20.9 Å². The van der Waals surface area contributed by atoms with Crippen LogP contribution in [0.1, 0.15) is 5.56 Å². The van der Waals surface area contributed by atoms with Crippen LogP contribution in [0.5, 0.6) is 0 Å². The SMILES string of the molecule is [N-]=[N+]=NCc1cn(COC(CO)CO)c(=O)[nH]c1=O. The van der Waals surface area contributed by atoms with E-state index in [0.29, 0.717) is 0 Å². The molecule has 1 heterocycles. The molecule has 0 saturated carbocycles. The fourth-order valence-electron chi connectivity index (χ4n) is 1.22. The summed E-state index contributed by atoms with van der Waals surface area (Å²) < 4.78 is 6.07. The zero-order chi connectivity index (χ0) is 14.3. The van der Waals surface area contributed by atoms with Crippen LogP contribution in [0.4, 0.5) is 0 Å². The number of aromatic amines is 1. The topological polar surface area (TPSA) is 153 Å². The first-order valence-corrected chi connectivity index (χ1v) is 5.29. The second-order valence-electron chi connectivity index (χ2n) is 3.56. The second-order valence-corrected chi connectivity index (χ2v) is 3.56. The molecule has 19 heavy (non-hydrogen) atoms. The highest BCUT2D eigenvalue weighted by molar-refractivity contribution is 5.04. The molecule has 0 bridgehead atoms. The number of nitrogens with one attached hydrogen (secondary N) is 1. The maximum Gasteiger partial charge on any atom is 0.330 e. The van der Waals surface area contributed by atoms with E-state index in [0.717, 1.165) is 4.57 Å². The fraction of sp³-hybridized carbons (Fsp3) is 0.556. The number of hydrogen-bond donors (Lipinski definition) is 3. The summed E-state index contributed by atoms with van der Waals surface area (Å²) in [7, 11) is 0. The molecule has 0 saturated heterocycles. The molecule has 1 aromatic rings. The summed E-state index contributed by atoms with van der Waals surface area (Å²) in [5.74, 6) is 0. The van der Waals surface area contributed by atoms with Crippen LogP contribution < -0.4 is 11.2 Å². The van der Waals surface area contributed by atoms with Gasteiger partial charge in [-0.1, -0.05) is 5.11 Å². The summed E-state index contributed by atoms with van der Waals surface area (Å²) in [4.78, 5) is 27.4. The van der Waals surface area contributed by atoms with Gasteiger partial charge in [0.05, 0.1) is 19.8 Å². The smallest absolute Gasteiger partial charge is 0.330 e. The van der Waals surface area contributed by atoms with Gasteiger partial charge in [0.1, 0.15) is 12.8 Å². The van der Waals surface area contributed by atoms with Crippen molar-refractivity contribution in [2.24, 2.45) is 5.11 Å². The second kappa shape index (κ2) is 7.34. The van der Waals surface area contributed by atoms with Crippen molar-refractivity contribution in [2.45, 2.75) is 19.4 Å². The highest BCUT2D eigenvalue weighted by Gasteiger charge is 2.08. The van der Waals surface area contributed by atoms with Crippen molar-refractivity contribution in [3.63, 3.8) is 0 Å². The number of aromatic nitrogens is 2. The summed E-state index contributed by atoms with van der Waals surface area (Å²) in [6.07, 6.45) is 0.376. The summed E-state index contributed by atoms with van der Waals surface area (Å²) in [6.45, 7) is -1.26. The molecule has 0 unspecified atom stereocenters. The van der Waals surface area contributed by atoms with Crippen LogP contribution >= 0.6 is 0 Å². The first kappa shape index (κ1) is 14.9. The molecule has 0 amide bonds. The lowest BCUT2D eigenvalue weighted by Gasteiger charge is -2.13. The fourth-order valence-corrected chi connectivity index (χ4v) is 1.22. The zero-order valence-electron chi connectivity index (χ0n) is 9.89. The van der Waals surface area contributed by atoms with Gasteiger partial charge in [0.2, 0.25) is 0 Å². The van der Waals surface area contributed by atoms with Crippen molar-refractivity contribution in [3.05, 3.63) is 43.0 Å². The molecule has 0 fully saturated rings. The molecule has 0 aliphatic rings. The Morgan fingerprint density at radius 1 is 1.47 bits per heavy atom. The third kappa shape index (κ3) is 4.23. The van der Waals surface area contributed by atoms with Gasteiger partial charge in [0.25, 0.3) is 5.56 Å². The number of ether oxygens (including phenoxy) is 1. The quantitative estimate of drug-likeness (QED) is 0.318. The Labute approximate surface area is 106 Å². The van der Waals surface area contributed by atoms with E-state index in [4.69, 9.17) is 20.5 Å². The van der Waals surface area contributed by atoms with E-state index in [1.807, 2.05) is 4.98 Å². The van der Waals surface area contributed by atoms with Gasteiger partial charge in [-0.3, -0.25) is 14.3 Å². The maximum atomic E-state index is 11.5. The molecule has 10 nitrogen and oxygen atoms in total. The van der Waals surface area contributed by atoms with Crippen LogP contribution in [0.3, 0.4) is 0 Å². The first-order chi connectivity index (χ1) is 9.12. The molecule has 0 atom stereocenters. The zero-order valence-corrected chi connectivity index (χ0v) is 9.89. The monoisotopic (exact) mass is 271 g/mol. The Kier molecular flexibility index (Phi) is 5.76. The minimum absolute atomic E-state index is 0.102. The van der Waals surface area contributed by atoms with Crippen molar-refractivity contribution in [1.82, 2.24) is 9.55 Å². The average Bonchev–Trinajstić information content (AvgIpc) is 2.40. The van der Waals surface area contributed by atoms with Crippen molar-refractivity contribution in [3.8, 4) is 0 Å². The molecule has 1 rings (SSSR count). The average molecular weight is 271 g/mol. The molecule has 0 spiro atoms. The molecule has 1 aromatic heterocycles. The highest BCUT2D eigenvalue weighted by Crippen LogP contribution is 1.95. The molecule has 104 valence electrons. The number of aliphatic hydroxyl groups excluding tert-OH is 2. The lowest BCUT2D eigenvalue weighted by molar-refractivity contribution is -0.0513. The number of hydrogen-bond acceptors (Lipinski definition) is 6. The van der Waals surface area contributed by atoms with Crippen molar-refractivity contribution in [1.29, 1.82) is 0 Å². The molecule has 0 aromatic carbocycles. The normalized spacial score (nSPS) is 10.5. The van der Waals surface area contributed by atoms with Gasteiger partial charge in [0, 0.05) is 16.7 Å². The van der Waals surface area contributed by atoms with Crippen LogP contribution in [0.2, 0.25) is 0 Å². The number of H-pyrrole nitrogens is 1. The van der Waals surface area contributed by atoms with Crippen LogP contribution in [-0.4, -0.2) is 39.1 Å². The third-order valence-electron chi connectivity index (χ3n) is 2.25. The summed E-state index contributed by atoms with van der Waals surface area (Å²) in [5, 5.41) is 20.8. The van der Waals surface area contributed by atoms with Gasteiger partial charge in [-0.25, -0.2) is 4.79 Å². The van der Waals surface area contributed by atoms with Gasteiger partial charge in [0.15, 0.2) is 0 Å². The van der Waals surface area contributed by atoms with Gasteiger partial charge < -0.3 is 14.9 Å². The lowest BCUT2D eigenvalue weighted by Crippen LogP contribution is -2.34. The van der Waals surface area contributed by atoms with E-state index in [9.17, 15) is 9.59 Å². The molecule has 0 aliphatic carbocycles. The Bertz CT molecular complexity index is 569. The van der Waals surface area contributed by atoms with E-state index in [1.54, 1.807) is 0 Å². The molecule has 0 aliphatic heterocycles. The van der Waals surface area contributed by atoms with E-state index < -0.39 is 30.6 Å². The Morgan fingerprint density at radius 2 is 2.16 bits per heavy atom. The lowest BCUT2D eigenvalue weighted by atomic mass is 10.3. The molecular formula is C9H13N5O5. The summed E-state index contributed by atoms with van der Waals surface area (Å²) in [5.41, 5.74) is 6.93. The van der Waals surface area contributed by atoms with Crippen LogP contribution in [-0.2, 0) is 18.0 Å². The molecule has 0 radical (unpaired) electrons. The summed E-state index contributed by atoms with van der Waals surface area (Å²) in [6, 6.07) is 0. The summed E-state index contributed by atoms with van der Waals surface area (Å²) >= 11 is 0. The van der Waals surface area contributed by atoms with Gasteiger partial charge >= 0.3 is 5.69 Å². The van der Waals surface area contributed by atoms with E-state index in [2.05, 4.69) is 10.0 Å². The molecule has 10 heteroatoms. The first-order valence-electron chi connectivity index (χ1n) is 5.29. The predicted octanol–water partition coefficient (Wildman–Crippen LogP) is -1.33. The van der Waals surface area contributed by atoms with Gasteiger partial charge in [-0.05, 0) is 5.53 Å². The minimum Gasteiger partial charge on any atom is -0.394 e. The number of aliphatic hydroxyl groups is 2.